The molecule has 176 valence electrons. The minimum Gasteiger partial charge on any atom is -0.465 e. The maximum atomic E-state index is 13.6. The van der Waals surface area contributed by atoms with Crippen LogP contribution in [-0.4, -0.2) is 56.2 Å². The van der Waals surface area contributed by atoms with Crippen molar-refractivity contribution >= 4 is 18.1 Å². The Balaban J connectivity index is 6.60. The van der Waals surface area contributed by atoms with Gasteiger partial charge in [-0.1, -0.05) is 83.1 Å². The summed E-state index contributed by atoms with van der Waals surface area (Å²) in [6, 6.07) is -2.31. The van der Waals surface area contributed by atoms with Crippen LogP contribution in [0.3, 0.4) is 0 Å². The van der Waals surface area contributed by atoms with Crippen molar-refractivity contribution in [3.05, 3.63) is 0 Å². The molecule has 0 rings (SSSR count). The number of carboxylic acid groups (broad SMARTS) is 2. The summed E-state index contributed by atoms with van der Waals surface area (Å²) in [5, 5.41) is 20.1. The Morgan fingerprint density at radius 1 is 0.600 bits per heavy atom. The molecule has 0 aliphatic heterocycles. The number of hydrogen-bond donors (Lipinski definition) is 2. The molecule has 0 saturated heterocycles. The van der Waals surface area contributed by atoms with Crippen LogP contribution in [0.25, 0.3) is 0 Å². The van der Waals surface area contributed by atoms with Gasteiger partial charge in [-0.2, -0.15) is 0 Å². The van der Waals surface area contributed by atoms with Crippen molar-refractivity contribution in [2.75, 3.05) is 0 Å². The normalized spacial score (nSPS) is 14.6. The average Bonchev–Trinajstić information content (AvgIpc) is 2.42. The Morgan fingerprint density at radius 2 is 0.900 bits per heavy atom. The molecule has 0 aliphatic carbocycles. The SMILES string of the molecule is CC(C(=O)N(C(=O)O)C(C(C)(C)C)C(C)(C)C)N(C(=O)O)C(C(C)(C)C)C(C)(C)C. The maximum absolute atomic E-state index is 13.6. The Hall–Kier alpha value is -1.79. The molecule has 2 N–H and O–H groups in total. The molecule has 0 aromatic rings. The molecule has 1 unspecified atom stereocenters. The minimum atomic E-state index is -1.37. The highest BCUT2D eigenvalue weighted by Crippen LogP contribution is 2.41. The molecule has 0 aliphatic rings. The van der Waals surface area contributed by atoms with E-state index in [1.165, 1.54) is 6.92 Å². The summed E-state index contributed by atoms with van der Waals surface area (Å²) in [7, 11) is 0. The third kappa shape index (κ3) is 6.61. The summed E-state index contributed by atoms with van der Waals surface area (Å²) in [4.78, 5) is 40.2. The zero-order valence-corrected chi connectivity index (χ0v) is 21.2. The van der Waals surface area contributed by atoms with Gasteiger partial charge in [-0.05, 0) is 28.6 Å². The summed E-state index contributed by atoms with van der Waals surface area (Å²) in [5.74, 6) is -0.724. The van der Waals surface area contributed by atoms with Gasteiger partial charge in [0.15, 0.2) is 0 Å². The molecule has 0 aromatic heterocycles. The van der Waals surface area contributed by atoms with Crippen LogP contribution in [0.1, 0.15) is 90.0 Å². The minimum absolute atomic E-state index is 0.466. The van der Waals surface area contributed by atoms with Crippen molar-refractivity contribution in [2.24, 2.45) is 21.7 Å². The third-order valence-corrected chi connectivity index (χ3v) is 5.26. The van der Waals surface area contributed by atoms with Crippen molar-refractivity contribution in [3.63, 3.8) is 0 Å². The van der Waals surface area contributed by atoms with Crippen LogP contribution in [-0.2, 0) is 4.79 Å². The predicted molar refractivity (Wildman–Crippen MR) is 120 cm³/mol. The molecule has 0 bridgehead atoms. The monoisotopic (exact) mass is 428 g/mol. The Bertz CT molecular complexity index is 616. The summed E-state index contributed by atoms with van der Waals surface area (Å²) in [5.41, 5.74) is -2.00. The molecule has 1 atom stereocenters. The average molecular weight is 429 g/mol. The number of hydrogen-bond acceptors (Lipinski definition) is 3. The fourth-order valence-electron chi connectivity index (χ4n) is 5.36. The Morgan fingerprint density at radius 3 is 1.10 bits per heavy atom. The van der Waals surface area contributed by atoms with E-state index in [4.69, 9.17) is 0 Å². The molecular formula is C23H44N2O5. The van der Waals surface area contributed by atoms with Gasteiger partial charge in [0.1, 0.15) is 6.04 Å². The molecule has 3 amide bonds. The van der Waals surface area contributed by atoms with Crippen LogP contribution in [0.5, 0.6) is 0 Å². The van der Waals surface area contributed by atoms with Gasteiger partial charge in [-0.15, -0.1) is 0 Å². The second kappa shape index (κ2) is 8.75. The topological polar surface area (TPSA) is 98.2 Å². The molecule has 0 spiro atoms. The number of rotatable bonds is 4. The van der Waals surface area contributed by atoms with E-state index in [-0.39, 0.29) is 0 Å². The Labute approximate surface area is 182 Å². The second-order valence-electron chi connectivity index (χ2n) is 12.6. The number of carbonyl (C=O) groups is 3. The summed E-state index contributed by atoms with van der Waals surface area (Å²) < 4.78 is 0. The number of carbonyl (C=O) groups excluding carboxylic acids is 1. The standard InChI is InChI=1S/C23H44N2O5/c1-14(24(18(27)28)16(20(2,3)4)21(5,6)7)15(26)25(19(29)30)17(22(8,9)10)23(11,12)13/h14,16-17H,1-13H3,(H,27,28)(H,29,30). The summed E-state index contributed by atoms with van der Waals surface area (Å²) >= 11 is 0. The van der Waals surface area contributed by atoms with Crippen molar-refractivity contribution in [1.82, 2.24) is 9.80 Å². The van der Waals surface area contributed by atoms with E-state index in [0.717, 1.165) is 9.80 Å². The van der Waals surface area contributed by atoms with Gasteiger partial charge >= 0.3 is 12.2 Å². The fourth-order valence-corrected chi connectivity index (χ4v) is 5.36. The third-order valence-electron chi connectivity index (χ3n) is 5.26. The first-order chi connectivity index (χ1) is 13.0. The van der Waals surface area contributed by atoms with Crippen LogP contribution in [0.15, 0.2) is 0 Å². The molecule has 0 fully saturated rings. The van der Waals surface area contributed by atoms with Gasteiger partial charge < -0.3 is 10.2 Å². The smallest absolute Gasteiger partial charge is 0.414 e. The first-order valence-corrected chi connectivity index (χ1v) is 10.5. The van der Waals surface area contributed by atoms with Gasteiger partial charge in [0.2, 0.25) is 0 Å². The number of imide groups is 1. The Kier molecular flexibility index (Phi) is 8.23. The largest absolute Gasteiger partial charge is 0.465 e. The van der Waals surface area contributed by atoms with E-state index < -0.39 is 57.9 Å². The molecule has 0 radical (unpaired) electrons. The van der Waals surface area contributed by atoms with Crippen LogP contribution in [0.4, 0.5) is 9.59 Å². The zero-order valence-electron chi connectivity index (χ0n) is 21.2. The zero-order chi connectivity index (χ0) is 24.6. The lowest BCUT2D eigenvalue weighted by atomic mass is 9.70. The van der Waals surface area contributed by atoms with Crippen LogP contribution < -0.4 is 0 Å². The quantitative estimate of drug-likeness (QED) is 0.591. The van der Waals surface area contributed by atoms with Crippen molar-refractivity contribution in [2.45, 2.75) is 108 Å². The molecule has 30 heavy (non-hydrogen) atoms. The molecular weight excluding hydrogens is 384 g/mol. The van der Waals surface area contributed by atoms with Crippen molar-refractivity contribution < 1.29 is 24.6 Å². The van der Waals surface area contributed by atoms with E-state index in [0.29, 0.717) is 0 Å². The molecule has 0 aromatic carbocycles. The highest BCUT2D eigenvalue weighted by Gasteiger charge is 2.50. The van der Waals surface area contributed by atoms with E-state index in [9.17, 15) is 24.6 Å². The summed E-state index contributed by atoms with van der Waals surface area (Å²) in [6.07, 6.45) is -2.60. The lowest BCUT2D eigenvalue weighted by Gasteiger charge is -2.50. The lowest BCUT2D eigenvalue weighted by molar-refractivity contribution is -0.143. The van der Waals surface area contributed by atoms with Gasteiger partial charge in [-0.3, -0.25) is 9.69 Å². The van der Waals surface area contributed by atoms with Crippen molar-refractivity contribution in [3.8, 4) is 0 Å². The first kappa shape index (κ1) is 28.2. The van der Waals surface area contributed by atoms with Crippen molar-refractivity contribution in [1.29, 1.82) is 0 Å². The fraction of sp³-hybridized carbons (Fsp3) is 0.870. The molecule has 7 heteroatoms. The van der Waals surface area contributed by atoms with Crippen LogP contribution in [0.2, 0.25) is 0 Å². The first-order valence-electron chi connectivity index (χ1n) is 10.5. The number of amides is 3. The van der Waals surface area contributed by atoms with E-state index >= 15 is 0 Å². The maximum Gasteiger partial charge on any atom is 0.414 e. The lowest BCUT2D eigenvalue weighted by Crippen LogP contribution is -2.64. The second-order valence-corrected chi connectivity index (χ2v) is 12.6. The highest BCUT2D eigenvalue weighted by molar-refractivity contribution is 5.96. The molecule has 7 nitrogen and oxygen atoms in total. The molecule has 0 saturated carbocycles. The van der Waals surface area contributed by atoms with Gasteiger partial charge in [0.05, 0.1) is 6.04 Å². The van der Waals surface area contributed by atoms with Gasteiger partial charge in [0, 0.05) is 6.04 Å². The van der Waals surface area contributed by atoms with Gasteiger partial charge in [-0.25, -0.2) is 14.5 Å². The highest BCUT2D eigenvalue weighted by atomic mass is 16.4. The summed E-state index contributed by atoms with van der Waals surface area (Å²) in [6.45, 7) is 24.4. The number of nitrogens with zero attached hydrogens (tertiary/aromatic N) is 2. The van der Waals surface area contributed by atoms with Crippen LogP contribution in [0, 0.1) is 21.7 Å². The van der Waals surface area contributed by atoms with Gasteiger partial charge in [0.25, 0.3) is 5.91 Å². The van der Waals surface area contributed by atoms with Crippen LogP contribution >= 0.6 is 0 Å². The van der Waals surface area contributed by atoms with E-state index in [1.54, 1.807) is 0 Å². The molecule has 0 heterocycles. The van der Waals surface area contributed by atoms with E-state index in [1.807, 2.05) is 83.1 Å². The van der Waals surface area contributed by atoms with E-state index in [2.05, 4.69) is 0 Å². The predicted octanol–water partition coefficient (Wildman–Crippen LogP) is 5.78.